The molecule has 0 aliphatic carbocycles. The largest absolute Gasteiger partial charge is 0.493 e. The molecule has 0 amide bonds. The Labute approximate surface area is 160 Å². The maximum absolute atomic E-state index is 12.7. The number of hydrogen-bond acceptors (Lipinski definition) is 5. The third-order valence-corrected chi connectivity index (χ3v) is 7.23. The first-order valence-corrected chi connectivity index (χ1v) is 10.8. The summed E-state index contributed by atoms with van der Waals surface area (Å²) in [6, 6.07) is 13.1. The Kier molecular flexibility index (Phi) is 5.08. The summed E-state index contributed by atoms with van der Waals surface area (Å²) in [7, 11) is -3.44. The third kappa shape index (κ3) is 3.95. The molecule has 0 aromatic heterocycles. The van der Waals surface area contributed by atoms with Gasteiger partial charge in [0.15, 0.2) is 0 Å². The number of anilines is 1. The van der Waals surface area contributed by atoms with Crippen molar-refractivity contribution in [3.63, 3.8) is 0 Å². The van der Waals surface area contributed by atoms with E-state index in [0.29, 0.717) is 29.7 Å². The fourth-order valence-corrected chi connectivity index (χ4v) is 5.17. The number of fused-ring (bicyclic) bond motifs is 1. The van der Waals surface area contributed by atoms with E-state index >= 15 is 0 Å². The second-order valence-corrected chi connectivity index (χ2v) is 9.11. The second kappa shape index (κ2) is 7.50. The van der Waals surface area contributed by atoms with Crippen molar-refractivity contribution in [2.24, 2.45) is 0 Å². The molecule has 2 aliphatic rings. The minimum atomic E-state index is -3.44. The molecule has 0 unspecified atom stereocenters. The molecule has 2 heterocycles. The van der Waals surface area contributed by atoms with Gasteiger partial charge in [-0.1, -0.05) is 12.1 Å². The van der Waals surface area contributed by atoms with Crippen LogP contribution in [0, 0.1) is 0 Å². The summed E-state index contributed by atoms with van der Waals surface area (Å²) in [4.78, 5) is 0.309. The molecular weight excluding hydrogens is 362 g/mol. The van der Waals surface area contributed by atoms with Crippen molar-refractivity contribution in [2.75, 3.05) is 25.4 Å². The molecule has 2 aromatic rings. The van der Waals surface area contributed by atoms with E-state index < -0.39 is 10.0 Å². The molecule has 3 N–H and O–H groups in total. The van der Waals surface area contributed by atoms with E-state index in [1.54, 1.807) is 28.6 Å². The van der Waals surface area contributed by atoms with Crippen LogP contribution in [0.4, 0.5) is 5.69 Å². The predicted molar refractivity (Wildman–Crippen MR) is 105 cm³/mol. The lowest BCUT2D eigenvalue weighted by atomic mass is 10.1. The number of sulfonamides is 1. The van der Waals surface area contributed by atoms with E-state index in [9.17, 15) is 8.42 Å². The van der Waals surface area contributed by atoms with Crippen molar-refractivity contribution in [2.45, 2.75) is 36.7 Å². The van der Waals surface area contributed by atoms with Crippen molar-refractivity contribution in [1.82, 2.24) is 9.62 Å². The number of rotatable bonds is 5. The summed E-state index contributed by atoms with van der Waals surface area (Å²) < 4.78 is 32.6. The van der Waals surface area contributed by atoms with Crippen LogP contribution >= 0.6 is 0 Å². The van der Waals surface area contributed by atoms with Gasteiger partial charge in [0.2, 0.25) is 10.0 Å². The van der Waals surface area contributed by atoms with Crippen molar-refractivity contribution >= 4 is 15.7 Å². The van der Waals surface area contributed by atoms with Crippen LogP contribution in [0.15, 0.2) is 47.4 Å². The van der Waals surface area contributed by atoms with E-state index in [1.807, 2.05) is 6.07 Å². The number of nitrogens with zero attached hydrogens (tertiary/aromatic N) is 1. The Morgan fingerprint density at radius 1 is 1.11 bits per heavy atom. The topological polar surface area (TPSA) is 84.7 Å². The summed E-state index contributed by atoms with van der Waals surface area (Å²) in [5, 5.41) is 3.57. The van der Waals surface area contributed by atoms with Gasteiger partial charge in [0.25, 0.3) is 0 Å². The summed E-state index contributed by atoms with van der Waals surface area (Å²) in [5.41, 5.74) is 8.74. The highest BCUT2D eigenvalue weighted by Gasteiger charge is 2.29. The van der Waals surface area contributed by atoms with Gasteiger partial charge in [-0.15, -0.1) is 0 Å². The van der Waals surface area contributed by atoms with E-state index in [0.717, 1.165) is 38.2 Å². The standard InChI is InChI=1S/C20H25N3O3S/c21-17-2-4-19(5-3-17)27(24,25)23-10-7-18(8-11-23)22-14-15-1-6-20-16(13-15)9-12-26-20/h1-6,13,18,22H,7-12,14,21H2. The minimum absolute atomic E-state index is 0.309. The molecule has 2 aliphatic heterocycles. The Morgan fingerprint density at radius 2 is 1.85 bits per heavy atom. The number of piperidine rings is 1. The molecule has 7 heteroatoms. The highest BCUT2D eigenvalue weighted by Crippen LogP contribution is 2.26. The van der Waals surface area contributed by atoms with Gasteiger partial charge in [-0.05, 0) is 54.3 Å². The minimum Gasteiger partial charge on any atom is -0.493 e. The van der Waals surface area contributed by atoms with Crippen LogP contribution in [0.25, 0.3) is 0 Å². The third-order valence-electron chi connectivity index (χ3n) is 5.32. The molecule has 0 bridgehead atoms. The Balaban J connectivity index is 1.31. The lowest BCUT2D eigenvalue weighted by Gasteiger charge is -2.31. The zero-order valence-electron chi connectivity index (χ0n) is 15.2. The summed E-state index contributed by atoms with van der Waals surface area (Å²) >= 11 is 0. The lowest BCUT2D eigenvalue weighted by molar-refractivity contribution is 0.288. The van der Waals surface area contributed by atoms with Crippen molar-refractivity contribution in [3.8, 4) is 5.75 Å². The molecule has 6 nitrogen and oxygen atoms in total. The van der Waals surface area contributed by atoms with Crippen LogP contribution in [0.1, 0.15) is 24.0 Å². The molecule has 1 saturated heterocycles. The van der Waals surface area contributed by atoms with Gasteiger partial charge in [0, 0.05) is 37.8 Å². The average Bonchev–Trinajstić information content (AvgIpc) is 3.15. The van der Waals surface area contributed by atoms with Gasteiger partial charge in [0.05, 0.1) is 11.5 Å². The number of nitrogens with one attached hydrogen (secondary N) is 1. The number of hydrogen-bond donors (Lipinski definition) is 2. The number of nitrogen functional groups attached to an aromatic ring is 1. The average molecular weight is 388 g/mol. The zero-order chi connectivity index (χ0) is 18.9. The van der Waals surface area contributed by atoms with Crippen LogP contribution in [0.2, 0.25) is 0 Å². The molecule has 4 rings (SSSR count). The first-order chi connectivity index (χ1) is 13.0. The van der Waals surface area contributed by atoms with Crippen LogP contribution in [-0.2, 0) is 23.0 Å². The highest BCUT2D eigenvalue weighted by molar-refractivity contribution is 7.89. The number of ether oxygens (including phenoxy) is 1. The van der Waals surface area contributed by atoms with Gasteiger partial charge in [-0.25, -0.2) is 8.42 Å². The predicted octanol–water partition coefficient (Wildman–Crippen LogP) is 2.15. The maximum Gasteiger partial charge on any atom is 0.243 e. The molecule has 144 valence electrons. The first kappa shape index (κ1) is 18.3. The highest BCUT2D eigenvalue weighted by atomic mass is 32.2. The van der Waals surface area contributed by atoms with Crippen molar-refractivity contribution in [3.05, 3.63) is 53.6 Å². The quantitative estimate of drug-likeness (QED) is 0.768. The number of benzene rings is 2. The van der Waals surface area contributed by atoms with Gasteiger partial charge in [-0.3, -0.25) is 0 Å². The molecule has 0 atom stereocenters. The van der Waals surface area contributed by atoms with Crippen LogP contribution in [0.5, 0.6) is 5.75 Å². The first-order valence-electron chi connectivity index (χ1n) is 9.36. The van der Waals surface area contributed by atoms with Gasteiger partial charge >= 0.3 is 0 Å². The van der Waals surface area contributed by atoms with E-state index in [-0.39, 0.29) is 0 Å². The van der Waals surface area contributed by atoms with E-state index in [2.05, 4.69) is 17.4 Å². The molecule has 0 saturated carbocycles. The molecule has 1 fully saturated rings. The van der Waals surface area contributed by atoms with Crippen molar-refractivity contribution in [1.29, 1.82) is 0 Å². The monoisotopic (exact) mass is 387 g/mol. The molecule has 0 radical (unpaired) electrons. The Bertz CT molecular complexity index is 905. The smallest absolute Gasteiger partial charge is 0.243 e. The van der Waals surface area contributed by atoms with E-state index in [4.69, 9.17) is 10.5 Å². The van der Waals surface area contributed by atoms with Crippen LogP contribution in [0.3, 0.4) is 0 Å². The summed E-state index contributed by atoms with van der Waals surface area (Å²) in [5.74, 6) is 1.000. The Morgan fingerprint density at radius 3 is 2.59 bits per heavy atom. The van der Waals surface area contributed by atoms with Gasteiger partial charge < -0.3 is 15.8 Å². The molecular formula is C20H25N3O3S. The normalized spacial score (nSPS) is 18.2. The SMILES string of the molecule is Nc1ccc(S(=O)(=O)N2CCC(NCc3ccc4c(c3)CCO4)CC2)cc1. The number of nitrogens with two attached hydrogens (primary N) is 1. The molecule has 2 aromatic carbocycles. The zero-order valence-corrected chi connectivity index (χ0v) is 16.0. The van der Waals surface area contributed by atoms with Gasteiger partial charge in [0.1, 0.15) is 5.75 Å². The molecule has 27 heavy (non-hydrogen) atoms. The van der Waals surface area contributed by atoms with Crippen LogP contribution in [-0.4, -0.2) is 38.5 Å². The fraction of sp³-hybridized carbons (Fsp3) is 0.400. The fourth-order valence-electron chi connectivity index (χ4n) is 3.70. The summed E-state index contributed by atoms with van der Waals surface area (Å²) in [6.07, 6.45) is 2.59. The van der Waals surface area contributed by atoms with Gasteiger partial charge in [-0.2, -0.15) is 4.31 Å². The summed E-state index contributed by atoms with van der Waals surface area (Å²) in [6.45, 7) is 2.63. The second-order valence-electron chi connectivity index (χ2n) is 7.17. The Hall–Kier alpha value is -2.09. The van der Waals surface area contributed by atoms with Crippen molar-refractivity contribution < 1.29 is 13.2 Å². The lowest BCUT2D eigenvalue weighted by Crippen LogP contribution is -2.44. The maximum atomic E-state index is 12.7. The molecule has 0 spiro atoms. The van der Waals surface area contributed by atoms with E-state index in [1.165, 1.54) is 11.1 Å². The van der Waals surface area contributed by atoms with Crippen LogP contribution < -0.4 is 15.8 Å².